The van der Waals surface area contributed by atoms with Crippen LogP contribution in [0.15, 0.2) is 89.7 Å². The van der Waals surface area contributed by atoms with Gasteiger partial charge in [-0.1, -0.05) is 79.7 Å². The van der Waals surface area contributed by atoms with Gasteiger partial charge in [-0.3, -0.25) is 9.48 Å². The Labute approximate surface area is 239 Å². The van der Waals surface area contributed by atoms with Crippen LogP contribution in [0, 0.1) is 0 Å². The Morgan fingerprint density at radius 1 is 0.927 bits per heavy atom. The molecule has 0 aliphatic heterocycles. The van der Waals surface area contributed by atoms with Gasteiger partial charge in [0.2, 0.25) is 0 Å². The molecule has 5 rings (SSSR count). The number of carbonyl (C=O) groups is 1. The molecule has 2 aromatic heterocycles. The van der Waals surface area contributed by atoms with E-state index >= 15 is 0 Å². The lowest BCUT2D eigenvalue weighted by atomic mass is 9.95. The molecule has 8 nitrogen and oxygen atoms in total. The Kier molecular flexibility index (Phi) is 8.48. The monoisotopic (exact) mass is 550 g/mol. The molecule has 0 spiro atoms. The predicted octanol–water partition coefficient (Wildman–Crippen LogP) is 6.24. The minimum Gasteiger partial charge on any atom is -0.488 e. The molecule has 2 N–H and O–H groups in total. The SMILES string of the molecule is CC(C)c1cc(CCc2onc(C(N)=O)c2-c2cnn(C)c2)c(OCc2ccccc2)cc1OCc1ccccc1. The summed E-state index contributed by atoms with van der Waals surface area (Å²) in [6.07, 6.45) is 4.55. The number of aryl methyl sites for hydroxylation is 3. The van der Waals surface area contributed by atoms with E-state index < -0.39 is 5.91 Å². The molecule has 2 heterocycles. The highest BCUT2D eigenvalue weighted by Crippen LogP contribution is 2.36. The van der Waals surface area contributed by atoms with Crippen molar-refractivity contribution in [2.24, 2.45) is 12.8 Å². The first-order valence-corrected chi connectivity index (χ1v) is 13.7. The zero-order valence-corrected chi connectivity index (χ0v) is 23.5. The molecule has 8 heteroatoms. The van der Waals surface area contributed by atoms with Crippen LogP contribution in [0.1, 0.15) is 58.3 Å². The summed E-state index contributed by atoms with van der Waals surface area (Å²) in [6.45, 7) is 5.17. The molecule has 1 amide bonds. The molecular weight excluding hydrogens is 516 g/mol. The number of primary amides is 1. The molecule has 0 saturated heterocycles. The molecule has 0 saturated carbocycles. The molecule has 0 atom stereocenters. The van der Waals surface area contributed by atoms with Gasteiger partial charge in [-0.15, -0.1) is 0 Å². The first-order valence-electron chi connectivity index (χ1n) is 13.7. The maximum absolute atomic E-state index is 12.1. The summed E-state index contributed by atoms with van der Waals surface area (Å²) in [5, 5.41) is 8.23. The van der Waals surface area contributed by atoms with E-state index in [0.29, 0.717) is 37.4 Å². The van der Waals surface area contributed by atoms with E-state index in [1.807, 2.05) is 80.0 Å². The lowest BCUT2D eigenvalue weighted by Gasteiger charge is -2.20. The zero-order valence-electron chi connectivity index (χ0n) is 23.5. The molecular formula is C33H34N4O4. The summed E-state index contributed by atoms with van der Waals surface area (Å²) in [4.78, 5) is 12.1. The number of hydrogen-bond donors (Lipinski definition) is 1. The van der Waals surface area contributed by atoms with Crippen LogP contribution in [0.4, 0.5) is 0 Å². The molecule has 3 aromatic carbocycles. The van der Waals surface area contributed by atoms with Gasteiger partial charge in [-0.05, 0) is 40.7 Å². The Hall–Kier alpha value is -4.85. The standard InChI is InChI=1S/C33H34N4O4/c1-22(2)27-16-25(14-15-28-31(26-18-35-37(3)19-26)32(33(34)38)36-41-28)29(39-20-23-10-6-4-7-11-23)17-30(27)40-21-24-12-8-5-9-13-24/h4-13,16-19,22H,14-15,20-21H2,1-3H3,(H2,34,38). The van der Waals surface area contributed by atoms with E-state index in [2.05, 4.69) is 30.2 Å². The van der Waals surface area contributed by atoms with Crippen molar-refractivity contribution < 1.29 is 18.8 Å². The summed E-state index contributed by atoms with van der Waals surface area (Å²) >= 11 is 0. The summed E-state index contributed by atoms with van der Waals surface area (Å²) in [6, 6.07) is 24.3. The van der Waals surface area contributed by atoms with Crippen LogP contribution in [0.25, 0.3) is 11.1 Å². The van der Waals surface area contributed by atoms with E-state index in [4.69, 9.17) is 19.7 Å². The summed E-state index contributed by atoms with van der Waals surface area (Å²) in [5.74, 6) is 1.67. The quantitative estimate of drug-likeness (QED) is 0.197. The van der Waals surface area contributed by atoms with Crippen LogP contribution in [0.5, 0.6) is 11.5 Å². The number of rotatable bonds is 12. The van der Waals surface area contributed by atoms with E-state index in [0.717, 1.165) is 39.3 Å². The van der Waals surface area contributed by atoms with Gasteiger partial charge in [0.15, 0.2) is 5.69 Å². The van der Waals surface area contributed by atoms with Crippen molar-refractivity contribution in [2.45, 2.75) is 45.8 Å². The van der Waals surface area contributed by atoms with Gasteiger partial charge in [0, 0.05) is 31.3 Å². The maximum atomic E-state index is 12.1. The maximum Gasteiger partial charge on any atom is 0.271 e. The molecule has 5 aromatic rings. The first-order chi connectivity index (χ1) is 19.9. The van der Waals surface area contributed by atoms with Crippen LogP contribution < -0.4 is 15.2 Å². The second-order valence-corrected chi connectivity index (χ2v) is 10.3. The molecule has 0 fully saturated rings. The minimum absolute atomic E-state index is 0.0982. The number of benzene rings is 3. The van der Waals surface area contributed by atoms with Gasteiger partial charge in [-0.2, -0.15) is 5.10 Å². The lowest BCUT2D eigenvalue weighted by Crippen LogP contribution is -2.12. The third-order valence-corrected chi connectivity index (χ3v) is 6.90. The number of amides is 1. The third-order valence-electron chi connectivity index (χ3n) is 6.90. The number of carbonyl (C=O) groups excluding carboxylic acids is 1. The van der Waals surface area contributed by atoms with E-state index in [1.54, 1.807) is 10.9 Å². The number of hydrogen-bond acceptors (Lipinski definition) is 6. The smallest absolute Gasteiger partial charge is 0.271 e. The van der Waals surface area contributed by atoms with Crippen molar-refractivity contribution in [3.05, 3.63) is 119 Å². The molecule has 0 aliphatic rings. The fourth-order valence-corrected chi connectivity index (χ4v) is 4.76. The van der Waals surface area contributed by atoms with Crippen LogP contribution in [0.3, 0.4) is 0 Å². The molecule has 0 bridgehead atoms. The average Bonchev–Trinajstić information content (AvgIpc) is 3.61. The lowest BCUT2D eigenvalue weighted by molar-refractivity contribution is 0.0992. The second kappa shape index (κ2) is 12.6. The number of ether oxygens (including phenoxy) is 2. The van der Waals surface area contributed by atoms with E-state index in [9.17, 15) is 4.79 Å². The van der Waals surface area contributed by atoms with Gasteiger partial charge in [0.1, 0.15) is 30.5 Å². The highest BCUT2D eigenvalue weighted by molar-refractivity contribution is 5.98. The largest absolute Gasteiger partial charge is 0.488 e. The Balaban J connectivity index is 1.47. The van der Waals surface area contributed by atoms with E-state index in [-0.39, 0.29) is 11.6 Å². The molecule has 0 radical (unpaired) electrons. The van der Waals surface area contributed by atoms with Gasteiger partial charge in [-0.25, -0.2) is 0 Å². The zero-order chi connectivity index (χ0) is 28.8. The Bertz CT molecular complexity index is 1610. The highest BCUT2D eigenvalue weighted by Gasteiger charge is 2.23. The van der Waals surface area contributed by atoms with Crippen molar-refractivity contribution in [1.29, 1.82) is 0 Å². The topological polar surface area (TPSA) is 105 Å². The van der Waals surface area contributed by atoms with Crippen LogP contribution in [0.2, 0.25) is 0 Å². The predicted molar refractivity (Wildman–Crippen MR) is 157 cm³/mol. The van der Waals surface area contributed by atoms with Crippen LogP contribution in [-0.2, 0) is 33.1 Å². The van der Waals surface area contributed by atoms with Crippen molar-refractivity contribution in [1.82, 2.24) is 14.9 Å². The van der Waals surface area contributed by atoms with Crippen molar-refractivity contribution in [2.75, 3.05) is 0 Å². The normalized spacial score (nSPS) is 11.1. The number of nitrogens with zero attached hydrogens (tertiary/aromatic N) is 3. The molecule has 210 valence electrons. The Morgan fingerprint density at radius 3 is 2.12 bits per heavy atom. The summed E-state index contributed by atoms with van der Waals surface area (Å²) in [7, 11) is 1.81. The van der Waals surface area contributed by atoms with Crippen LogP contribution >= 0.6 is 0 Å². The first kappa shape index (κ1) is 27.7. The fourth-order valence-electron chi connectivity index (χ4n) is 4.76. The van der Waals surface area contributed by atoms with Gasteiger partial charge in [0.25, 0.3) is 5.91 Å². The molecule has 0 aliphatic carbocycles. The van der Waals surface area contributed by atoms with Gasteiger partial charge in [0.05, 0.1) is 11.8 Å². The van der Waals surface area contributed by atoms with E-state index in [1.165, 1.54) is 0 Å². The summed E-state index contributed by atoms with van der Waals surface area (Å²) < 4.78 is 20.0. The fraction of sp³-hybridized carbons (Fsp3) is 0.242. The minimum atomic E-state index is -0.646. The Morgan fingerprint density at radius 2 is 1.56 bits per heavy atom. The third kappa shape index (κ3) is 6.66. The summed E-state index contributed by atoms with van der Waals surface area (Å²) in [5.41, 5.74) is 11.3. The number of aromatic nitrogens is 3. The average molecular weight is 551 g/mol. The van der Waals surface area contributed by atoms with Gasteiger partial charge >= 0.3 is 0 Å². The number of nitrogens with two attached hydrogens (primary N) is 1. The second-order valence-electron chi connectivity index (χ2n) is 10.3. The molecule has 0 unspecified atom stereocenters. The van der Waals surface area contributed by atoms with Crippen molar-refractivity contribution in [3.63, 3.8) is 0 Å². The molecule has 41 heavy (non-hydrogen) atoms. The highest BCUT2D eigenvalue weighted by atomic mass is 16.5. The van der Waals surface area contributed by atoms with Crippen LogP contribution in [-0.4, -0.2) is 20.8 Å². The van der Waals surface area contributed by atoms with Crippen molar-refractivity contribution in [3.8, 4) is 22.6 Å². The van der Waals surface area contributed by atoms with Gasteiger partial charge < -0.3 is 19.7 Å². The van der Waals surface area contributed by atoms with Crippen molar-refractivity contribution >= 4 is 5.91 Å².